The van der Waals surface area contributed by atoms with Gasteiger partial charge in [-0.1, -0.05) is 24.9 Å². The fourth-order valence-electron chi connectivity index (χ4n) is 1.85. The third-order valence-electron chi connectivity index (χ3n) is 2.81. The Kier molecular flexibility index (Phi) is 4.74. The van der Waals surface area contributed by atoms with E-state index in [1.165, 1.54) is 19.5 Å². The van der Waals surface area contributed by atoms with Crippen molar-refractivity contribution in [3.8, 4) is 5.75 Å². The average molecular weight is 296 g/mol. The number of anilines is 2. The lowest BCUT2D eigenvalue weighted by molar-refractivity contribution is 0.386. The molecule has 0 saturated heterocycles. The second kappa shape index (κ2) is 6.52. The largest absolute Gasteiger partial charge is 0.494 e. The van der Waals surface area contributed by atoms with Gasteiger partial charge in [0.25, 0.3) is 0 Å². The van der Waals surface area contributed by atoms with Gasteiger partial charge in [0.05, 0.1) is 7.11 Å². The van der Waals surface area contributed by atoms with E-state index >= 15 is 0 Å². The van der Waals surface area contributed by atoms with Crippen LogP contribution in [0.3, 0.4) is 0 Å². The van der Waals surface area contributed by atoms with Gasteiger partial charge < -0.3 is 10.1 Å². The van der Waals surface area contributed by atoms with Crippen molar-refractivity contribution in [3.05, 3.63) is 41.1 Å². The van der Waals surface area contributed by atoms with E-state index in [-0.39, 0.29) is 5.75 Å². The van der Waals surface area contributed by atoms with Crippen LogP contribution in [0, 0.1) is 5.82 Å². The van der Waals surface area contributed by atoms with E-state index in [2.05, 4.69) is 15.3 Å². The Bertz CT molecular complexity index is 607. The normalized spacial score (nSPS) is 10.4. The first-order valence-corrected chi connectivity index (χ1v) is 6.63. The van der Waals surface area contributed by atoms with E-state index in [1.807, 2.05) is 6.92 Å². The molecule has 1 aromatic carbocycles. The highest BCUT2D eigenvalue weighted by Gasteiger charge is 2.10. The summed E-state index contributed by atoms with van der Waals surface area (Å²) >= 11 is 6.07. The van der Waals surface area contributed by atoms with Crippen LogP contribution >= 0.6 is 11.6 Å². The van der Waals surface area contributed by atoms with Gasteiger partial charge in [0.1, 0.15) is 17.3 Å². The first kappa shape index (κ1) is 14.5. The second-order valence-electron chi connectivity index (χ2n) is 4.22. The number of hydrogen-bond acceptors (Lipinski definition) is 4. The molecule has 0 spiro atoms. The molecule has 0 amide bonds. The predicted octanol–water partition coefficient (Wildman–Crippen LogP) is 3.97. The topological polar surface area (TPSA) is 47.0 Å². The average Bonchev–Trinajstić information content (AvgIpc) is 2.43. The fourth-order valence-corrected chi connectivity index (χ4v) is 2.08. The van der Waals surface area contributed by atoms with Crippen LogP contribution in [0.4, 0.5) is 15.9 Å². The zero-order valence-electron chi connectivity index (χ0n) is 11.3. The van der Waals surface area contributed by atoms with E-state index < -0.39 is 5.82 Å². The molecule has 0 aliphatic rings. The van der Waals surface area contributed by atoms with Crippen molar-refractivity contribution >= 4 is 23.1 Å². The summed E-state index contributed by atoms with van der Waals surface area (Å²) in [6, 6.07) is 4.62. The molecule has 4 nitrogen and oxygen atoms in total. The van der Waals surface area contributed by atoms with Crippen LogP contribution < -0.4 is 10.1 Å². The zero-order valence-corrected chi connectivity index (χ0v) is 12.0. The fraction of sp³-hybridized carbons (Fsp3) is 0.286. The van der Waals surface area contributed by atoms with Gasteiger partial charge in [-0.15, -0.1) is 0 Å². The van der Waals surface area contributed by atoms with E-state index in [1.54, 1.807) is 12.1 Å². The molecule has 1 heterocycles. The van der Waals surface area contributed by atoms with E-state index in [0.717, 1.165) is 18.4 Å². The predicted molar refractivity (Wildman–Crippen MR) is 77.3 cm³/mol. The molecule has 0 aliphatic heterocycles. The van der Waals surface area contributed by atoms with Gasteiger partial charge in [-0.05, 0) is 18.6 Å². The lowest BCUT2D eigenvalue weighted by Crippen LogP contribution is -2.02. The Balaban J connectivity index is 2.30. The minimum Gasteiger partial charge on any atom is -0.494 e. The number of nitrogens with one attached hydrogen (secondary N) is 1. The van der Waals surface area contributed by atoms with Gasteiger partial charge in [-0.25, -0.2) is 14.4 Å². The first-order valence-electron chi connectivity index (χ1n) is 6.25. The molecular weight excluding hydrogens is 281 g/mol. The molecule has 0 fully saturated rings. The maximum atomic E-state index is 13.7. The minimum absolute atomic E-state index is 0.199. The Hall–Kier alpha value is -1.88. The van der Waals surface area contributed by atoms with Crippen molar-refractivity contribution in [2.75, 3.05) is 12.4 Å². The number of methoxy groups -OCH3 is 1. The van der Waals surface area contributed by atoms with Crippen LogP contribution in [0.5, 0.6) is 5.75 Å². The zero-order chi connectivity index (χ0) is 14.5. The molecule has 0 radical (unpaired) electrons. The monoisotopic (exact) mass is 295 g/mol. The molecule has 20 heavy (non-hydrogen) atoms. The molecule has 2 aromatic rings. The van der Waals surface area contributed by atoms with Crippen molar-refractivity contribution in [2.24, 2.45) is 0 Å². The maximum Gasteiger partial charge on any atom is 0.167 e. The summed E-state index contributed by atoms with van der Waals surface area (Å²) in [4.78, 5) is 8.13. The highest BCUT2D eigenvalue weighted by molar-refractivity contribution is 6.30. The Morgan fingerprint density at radius 1 is 1.35 bits per heavy atom. The summed E-state index contributed by atoms with van der Waals surface area (Å²) in [6.45, 7) is 2.04. The number of rotatable bonds is 5. The number of nitrogens with zero attached hydrogens (tertiary/aromatic N) is 2. The molecule has 0 unspecified atom stereocenters. The van der Waals surface area contributed by atoms with Gasteiger partial charge in [0.2, 0.25) is 0 Å². The lowest BCUT2D eigenvalue weighted by Gasteiger charge is -2.12. The number of halogens is 2. The number of hydrogen-bond donors (Lipinski definition) is 1. The SMILES string of the molecule is CCCc1c(Cl)ncnc1Nc1ccc(OC)c(F)c1. The molecule has 2 rings (SSSR count). The number of benzene rings is 1. The summed E-state index contributed by atoms with van der Waals surface area (Å²) in [5.74, 6) is 0.358. The van der Waals surface area contributed by atoms with Crippen LogP contribution in [-0.4, -0.2) is 17.1 Å². The van der Waals surface area contributed by atoms with Gasteiger partial charge in [0, 0.05) is 17.3 Å². The summed E-state index contributed by atoms with van der Waals surface area (Å²) in [6.07, 6.45) is 3.04. The summed E-state index contributed by atoms with van der Waals surface area (Å²) in [5.41, 5.74) is 1.41. The van der Waals surface area contributed by atoms with E-state index in [0.29, 0.717) is 16.7 Å². The molecular formula is C14H15ClFN3O. The van der Waals surface area contributed by atoms with E-state index in [4.69, 9.17) is 16.3 Å². The highest BCUT2D eigenvalue weighted by Crippen LogP contribution is 2.27. The second-order valence-corrected chi connectivity index (χ2v) is 4.57. The lowest BCUT2D eigenvalue weighted by atomic mass is 10.2. The van der Waals surface area contributed by atoms with Gasteiger partial charge in [-0.2, -0.15) is 0 Å². The van der Waals surface area contributed by atoms with Crippen LogP contribution in [0.2, 0.25) is 5.15 Å². The minimum atomic E-state index is -0.435. The number of aromatic nitrogens is 2. The van der Waals surface area contributed by atoms with Gasteiger partial charge in [-0.3, -0.25) is 0 Å². The smallest absolute Gasteiger partial charge is 0.167 e. The highest BCUT2D eigenvalue weighted by atomic mass is 35.5. The van der Waals surface area contributed by atoms with Crippen LogP contribution in [-0.2, 0) is 6.42 Å². The molecule has 0 bridgehead atoms. The van der Waals surface area contributed by atoms with E-state index in [9.17, 15) is 4.39 Å². The standard InChI is InChI=1S/C14H15ClFN3O/c1-3-4-10-13(15)17-8-18-14(10)19-9-5-6-12(20-2)11(16)7-9/h5-8H,3-4H2,1-2H3,(H,17,18,19). The molecule has 1 aromatic heterocycles. The van der Waals surface area contributed by atoms with Gasteiger partial charge >= 0.3 is 0 Å². The van der Waals surface area contributed by atoms with Gasteiger partial charge in [0.15, 0.2) is 11.6 Å². The van der Waals surface area contributed by atoms with Crippen molar-refractivity contribution in [2.45, 2.75) is 19.8 Å². The first-order chi connectivity index (χ1) is 9.65. The summed E-state index contributed by atoms with van der Waals surface area (Å²) < 4.78 is 18.5. The van der Waals surface area contributed by atoms with Crippen LogP contribution in [0.1, 0.15) is 18.9 Å². The van der Waals surface area contributed by atoms with Crippen molar-refractivity contribution in [1.82, 2.24) is 9.97 Å². The van der Waals surface area contributed by atoms with Crippen molar-refractivity contribution in [1.29, 1.82) is 0 Å². The molecule has 0 atom stereocenters. The Morgan fingerprint density at radius 3 is 2.80 bits per heavy atom. The molecule has 6 heteroatoms. The molecule has 1 N–H and O–H groups in total. The number of ether oxygens (including phenoxy) is 1. The Labute approximate surface area is 122 Å². The third kappa shape index (κ3) is 3.17. The van der Waals surface area contributed by atoms with Crippen LogP contribution in [0.15, 0.2) is 24.5 Å². The molecule has 106 valence electrons. The third-order valence-corrected chi connectivity index (χ3v) is 3.13. The summed E-state index contributed by atoms with van der Waals surface area (Å²) in [5, 5.41) is 3.47. The van der Waals surface area contributed by atoms with Crippen molar-refractivity contribution in [3.63, 3.8) is 0 Å². The Morgan fingerprint density at radius 2 is 2.15 bits per heavy atom. The summed E-state index contributed by atoms with van der Waals surface area (Å²) in [7, 11) is 1.43. The van der Waals surface area contributed by atoms with Crippen LogP contribution in [0.25, 0.3) is 0 Å². The van der Waals surface area contributed by atoms with Crippen molar-refractivity contribution < 1.29 is 9.13 Å². The molecule has 0 saturated carbocycles. The maximum absolute atomic E-state index is 13.7. The quantitative estimate of drug-likeness (QED) is 0.848. The molecule has 0 aliphatic carbocycles.